The van der Waals surface area contributed by atoms with Gasteiger partial charge in [0, 0.05) is 45.0 Å². The lowest BCUT2D eigenvalue weighted by atomic mass is 9.88. The predicted molar refractivity (Wildman–Crippen MR) is 175 cm³/mol. The number of aliphatic imine (C=N–C) groups is 1. The van der Waals surface area contributed by atoms with Gasteiger partial charge in [0.15, 0.2) is 0 Å². The summed E-state index contributed by atoms with van der Waals surface area (Å²) >= 11 is 0. The number of carbonyl (C=O) groups excluding carboxylic acids is 1. The zero-order valence-corrected chi connectivity index (χ0v) is 26.6. The van der Waals surface area contributed by atoms with Crippen molar-refractivity contribution < 1.29 is 9.90 Å². The fourth-order valence-electron chi connectivity index (χ4n) is 4.85. The molecule has 3 rings (SSSR count). The number of aliphatic hydroxyl groups excluding tert-OH is 1. The van der Waals surface area contributed by atoms with Gasteiger partial charge in [-0.25, -0.2) is 0 Å². The first kappa shape index (κ1) is 35.8. The lowest BCUT2D eigenvalue weighted by molar-refractivity contribution is 0.0827. The van der Waals surface area contributed by atoms with Crippen LogP contribution in [-0.4, -0.2) is 80.6 Å². The summed E-state index contributed by atoms with van der Waals surface area (Å²) < 4.78 is 0. The van der Waals surface area contributed by atoms with E-state index in [0.29, 0.717) is 5.92 Å². The van der Waals surface area contributed by atoms with Gasteiger partial charge in [0.05, 0.1) is 6.61 Å². The van der Waals surface area contributed by atoms with Gasteiger partial charge in [0.25, 0.3) is 5.91 Å². The van der Waals surface area contributed by atoms with Crippen LogP contribution in [0.15, 0.2) is 88.1 Å². The highest BCUT2D eigenvalue weighted by Gasteiger charge is 2.21. The van der Waals surface area contributed by atoms with Gasteiger partial charge in [-0.05, 0) is 91.5 Å². The molecule has 4 N–H and O–H groups in total. The number of nitrogens with two attached hydrogens (primary N) is 1. The minimum atomic E-state index is -0.438. The van der Waals surface area contributed by atoms with Gasteiger partial charge in [-0.3, -0.25) is 14.7 Å². The van der Waals surface area contributed by atoms with E-state index in [1.165, 1.54) is 11.1 Å². The summed E-state index contributed by atoms with van der Waals surface area (Å²) in [5.74, 6) is 0.552. The van der Waals surface area contributed by atoms with Crippen LogP contribution in [0.4, 0.5) is 0 Å². The molecular formula is C34H53N5O2. The van der Waals surface area contributed by atoms with Crippen molar-refractivity contribution in [2.24, 2.45) is 10.7 Å². The molecule has 0 bridgehead atoms. The highest BCUT2D eigenvalue weighted by molar-refractivity contribution is 5.93. The molecule has 7 heteroatoms. The second-order valence-corrected chi connectivity index (χ2v) is 9.96. The Morgan fingerprint density at radius 1 is 1.17 bits per heavy atom. The quantitative estimate of drug-likeness (QED) is 0.348. The normalized spacial score (nSPS) is 18.9. The molecule has 41 heavy (non-hydrogen) atoms. The number of allylic oxidation sites excluding steroid dienone is 4. The molecule has 1 aromatic carbocycles. The number of carbonyl (C=O) groups is 1. The third kappa shape index (κ3) is 10.9. The SMILES string of the molecule is C=C(/C=C(\C)CN1CCC(c2ccc(C(=O)N(C)C)cc2)CC1)C(/C=C\NC)=C1/C=NC(N)C=C1CO.CC.CC. The first-order valence-corrected chi connectivity index (χ1v) is 14.8. The lowest BCUT2D eigenvalue weighted by Gasteiger charge is -2.32. The number of aliphatic hydroxyl groups is 1. The molecule has 1 fully saturated rings. The molecule has 1 atom stereocenters. The molecule has 0 aliphatic carbocycles. The maximum absolute atomic E-state index is 12.2. The topological polar surface area (TPSA) is 94.2 Å². The number of nitrogens with one attached hydrogen (secondary N) is 1. The zero-order valence-electron chi connectivity index (χ0n) is 26.6. The second-order valence-electron chi connectivity index (χ2n) is 9.96. The molecular weight excluding hydrogens is 510 g/mol. The summed E-state index contributed by atoms with van der Waals surface area (Å²) in [6.07, 6.45) is 11.2. The number of hydrogen-bond donors (Lipinski definition) is 3. The largest absolute Gasteiger partial charge is 0.394 e. The maximum Gasteiger partial charge on any atom is 0.253 e. The van der Waals surface area contributed by atoms with Crippen LogP contribution in [0.5, 0.6) is 0 Å². The average molecular weight is 564 g/mol. The van der Waals surface area contributed by atoms with E-state index in [4.69, 9.17) is 5.73 Å². The monoisotopic (exact) mass is 563 g/mol. The first-order chi connectivity index (χ1) is 19.7. The molecule has 1 unspecified atom stereocenters. The third-order valence-corrected chi connectivity index (χ3v) is 6.83. The van der Waals surface area contributed by atoms with E-state index in [0.717, 1.165) is 60.3 Å². The standard InChI is InChI=1S/C30H41N5O2.2C2H6/c1-21(16-22(2)27(10-13-32-3)28-18-33-29(31)17-26(28)20-36)19-35-14-11-24(12-15-35)23-6-8-25(9-7-23)30(37)34(4)5;2*1-2/h6-10,13,16-18,24,29,32,36H,2,11-12,14-15,19-20,31H2,1,3-5H3;2*1-2H3/b13-10-,21-16+,28-27-;;. The molecule has 0 saturated carbocycles. The van der Waals surface area contributed by atoms with Crippen LogP contribution in [0.2, 0.25) is 0 Å². The summed E-state index contributed by atoms with van der Waals surface area (Å²) in [6.45, 7) is 17.3. The number of dihydropyridines is 1. The zero-order chi connectivity index (χ0) is 30.9. The van der Waals surface area contributed by atoms with Crippen molar-refractivity contribution in [3.63, 3.8) is 0 Å². The van der Waals surface area contributed by atoms with E-state index in [2.05, 4.69) is 46.9 Å². The molecule has 2 heterocycles. The molecule has 0 radical (unpaired) electrons. The van der Waals surface area contributed by atoms with Crippen LogP contribution in [0.1, 0.15) is 69.3 Å². The molecule has 2 aliphatic rings. The van der Waals surface area contributed by atoms with Crippen molar-refractivity contribution in [2.45, 2.75) is 59.5 Å². The molecule has 1 aromatic rings. The smallest absolute Gasteiger partial charge is 0.253 e. The Bertz CT molecular complexity index is 1120. The van der Waals surface area contributed by atoms with Gasteiger partial charge in [-0.15, -0.1) is 0 Å². The molecule has 1 saturated heterocycles. The van der Waals surface area contributed by atoms with E-state index < -0.39 is 6.17 Å². The van der Waals surface area contributed by atoms with Crippen molar-refractivity contribution in [1.82, 2.24) is 15.1 Å². The Balaban J connectivity index is 0.00000201. The summed E-state index contributed by atoms with van der Waals surface area (Å²) in [4.78, 5) is 20.6. The van der Waals surface area contributed by atoms with Gasteiger partial charge in [-0.2, -0.15) is 0 Å². The molecule has 2 aliphatic heterocycles. The molecule has 7 nitrogen and oxygen atoms in total. The van der Waals surface area contributed by atoms with Crippen LogP contribution < -0.4 is 11.1 Å². The summed E-state index contributed by atoms with van der Waals surface area (Å²) in [5, 5.41) is 12.9. The maximum atomic E-state index is 12.2. The Labute approximate surface area is 248 Å². The second kappa shape index (κ2) is 19.0. The Kier molecular flexibility index (Phi) is 16.5. The van der Waals surface area contributed by atoms with E-state index in [1.807, 2.05) is 59.2 Å². The Morgan fingerprint density at radius 2 is 1.78 bits per heavy atom. The van der Waals surface area contributed by atoms with E-state index in [9.17, 15) is 9.90 Å². The van der Waals surface area contributed by atoms with Crippen LogP contribution in [-0.2, 0) is 0 Å². The average Bonchev–Trinajstić information content (AvgIpc) is 2.99. The first-order valence-electron chi connectivity index (χ1n) is 14.8. The van der Waals surface area contributed by atoms with Crippen LogP contribution in [0.25, 0.3) is 0 Å². The van der Waals surface area contributed by atoms with Crippen LogP contribution in [0, 0.1) is 0 Å². The summed E-state index contributed by atoms with van der Waals surface area (Å²) in [5.41, 5.74) is 12.5. The van der Waals surface area contributed by atoms with Crippen molar-refractivity contribution in [3.05, 3.63) is 94.3 Å². The minimum absolute atomic E-state index is 0.0356. The highest BCUT2D eigenvalue weighted by atomic mass is 16.3. The van der Waals surface area contributed by atoms with Crippen LogP contribution in [0.3, 0.4) is 0 Å². The summed E-state index contributed by atoms with van der Waals surface area (Å²) in [6, 6.07) is 8.10. The number of hydrogen-bond acceptors (Lipinski definition) is 6. The van der Waals surface area contributed by atoms with Crippen molar-refractivity contribution >= 4 is 12.1 Å². The van der Waals surface area contributed by atoms with Crippen molar-refractivity contribution in [2.75, 3.05) is 47.4 Å². The number of likely N-dealkylation sites (tertiary alicyclic amines) is 1. The van der Waals surface area contributed by atoms with Gasteiger partial charge in [0.2, 0.25) is 0 Å². The van der Waals surface area contributed by atoms with E-state index >= 15 is 0 Å². The number of benzene rings is 1. The highest BCUT2D eigenvalue weighted by Crippen LogP contribution is 2.29. The molecule has 0 aromatic heterocycles. The van der Waals surface area contributed by atoms with Gasteiger partial charge in [0.1, 0.15) is 6.17 Å². The van der Waals surface area contributed by atoms with E-state index in [-0.39, 0.29) is 12.5 Å². The Morgan fingerprint density at radius 3 is 2.32 bits per heavy atom. The number of nitrogens with zero attached hydrogens (tertiary/aromatic N) is 3. The number of piperidine rings is 1. The molecule has 0 spiro atoms. The third-order valence-electron chi connectivity index (χ3n) is 6.83. The van der Waals surface area contributed by atoms with Crippen molar-refractivity contribution in [1.29, 1.82) is 0 Å². The Hall–Kier alpha value is -3.26. The number of rotatable bonds is 9. The van der Waals surface area contributed by atoms with Crippen molar-refractivity contribution in [3.8, 4) is 0 Å². The minimum Gasteiger partial charge on any atom is -0.394 e. The van der Waals surface area contributed by atoms with Crippen LogP contribution >= 0.6 is 0 Å². The number of amides is 1. The predicted octanol–water partition coefficient (Wildman–Crippen LogP) is 5.44. The van der Waals surface area contributed by atoms with Gasteiger partial charge in [-0.1, -0.05) is 58.1 Å². The molecule has 1 amide bonds. The molecule has 226 valence electrons. The fourth-order valence-corrected chi connectivity index (χ4v) is 4.85. The van der Waals surface area contributed by atoms with E-state index in [1.54, 1.807) is 31.3 Å². The van der Waals surface area contributed by atoms with Gasteiger partial charge >= 0.3 is 0 Å². The summed E-state index contributed by atoms with van der Waals surface area (Å²) in [7, 11) is 5.40. The lowest BCUT2D eigenvalue weighted by Crippen LogP contribution is -2.34. The van der Waals surface area contributed by atoms with Gasteiger partial charge < -0.3 is 21.1 Å². The fraction of sp³-hybridized carbons (Fsp3) is 0.471.